The molecule has 2 atom stereocenters. The quantitative estimate of drug-likeness (QED) is 0.600. The topological polar surface area (TPSA) is 121 Å². The molecule has 0 saturated carbocycles. The number of carbonyl (C=O) groups is 1. The normalized spacial score (nSPS) is 16.7. The van der Waals surface area contributed by atoms with E-state index in [0.29, 0.717) is 5.56 Å². The van der Waals surface area contributed by atoms with Crippen LogP contribution in [0.4, 0.5) is 4.39 Å². The molecule has 0 aliphatic heterocycles. The summed E-state index contributed by atoms with van der Waals surface area (Å²) in [6.45, 7) is 0.782. The van der Waals surface area contributed by atoms with Crippen LogP contribution in [0, 0.1) is 0 Å². The van der Waals surface area contributed by atoms with Crippen LogP contribution in [-0.2, 0) is 21.2 Å². The Labute approximate surface area is 109 Å². The van der Waals surface area contributed by atoms with Crippen LogP contribution in [0.15, 0.2) is 24.3 Å². The van der Waals surface area contributed by atoms with Gasteiger partial charge in [0.15, 0.2) is 0 Å². The SMILES string of the molecule is CC(F)(c1cccc(C[C@H](N)C(=O)O)c1)P(=O)(O)O. The van der Waals surface area contributed by atoms with E-state index in [2.05, 4.69) is 0 Å². The van der Waals surface area contributed by atoms with Crippen molar-refractivity contribution in [2.75, 3.05) is 0 Å². The molecule has 1 aromatic rings. The first-order valence-electron chi connectivity index (χ1n) is 5.38. The Hall–Kier alpha value is -1.27. The molecule has 0 fully saturated rings. The van der Waals surface area contributed by atoms with E-state index >= 15 is 0 Å². The van der Waals surface area contributed by atoms with Crippen LogP contribution in [0.3, 0.4) is 0 Å². The maximum absolute atomic E-state index is 14.1. The van der Waals surface area contributed by atoms with Gasteiger partial charge in [-0.3, -0.25) is 9.36 Å². The summed E-state index contributed by atoms with van der Waals surface area (Å²) in [4.78, 5) is 28.6. The number of halogens is 1. The van der Waals surface area contributed by atoms with Crippen molar-refractivity contribution in [1.29, 1.82) is 0 Å². The maximum atomic E-state index is 14.1. The molecule has 0 radical (unpaired) electrons. The fourth-order valence-electron chi connectivity index (χ4n) is 1.49. The molecule has 106 valence electrons. The molecule has 0 amide bonds. The Bertz CT molecular complexity index is 528. The molecule has 0 aliphatic carbocycles. The number of alkyl halides is 1. The number of carboxylic acid groups (broad SMARTS) is 1. The van der Waals surface area contributed by atoms with Crippen LogP contribution in [0.5, 0.6) is 0 Å². The van der Waals surface area contributed by atoms with E-state index in [-0.39, 0.29) is 12.0 Å². The van der Waals surface area contributed by atoms with Gasteiger partial charge in [0.2, 0.25) is 5.41 Å². The molecule has 8 heteroatoms. The van der Waals surface area contributed by atoms with E-state index in [9.17, 15) is 13.8 Å². The minimum atomic E-state index is -4.98. The number of benzene rings is 1. The Kier molecular flexibility index (Phi) is 4.47. The zero-order chi connectivity index (χ0) is 14.8. The molecule has 0 bridgehead atoms. The van der Waals surface area contributed by atoms with E-state index in [0.717, 1.165) is 6.92 Å². The molecule has 0 aromatic heterocycles. The van der Waals surface area contributed by atoms with Gasteiger partial charge in [-0.2, -0.15) is 0 Å². The zero-order valence-electron chi connectivity index (χ0n) is 10.2. The van der Waals surface area contributed by atoms with Gasteiger partial charge in [-0.1, -0.05) is 24.3 Å². The summed E-state index contributed by atoms with van der Waals surface area (Å²) in [5, 5.41) is 5.86. The van der Waals surface area contributed by atoms with Crippen LogP contribution in [0.2, 0.25) is 0 Å². The van der Waals surface area contributed by atoms with Crippen molar-refractivity contribution in [1.82, 2.24) is 0 Å². The van der Waals surface area contributed by atoms with Crippen molar-refractivity contribution < 1.29 is 28.6 Å². The van der Waals surface area contributed by atoms with E-state index in [1.807, 2.05) is 0 Å². The van der Waals surface area contributed by atoms with E-state index in [1.165, 1.54) is 24.3 Å². The highest BCUT2D eigenvalue weighted by Crippen LogP contribution is 2.57. The predicted octanol–water partition coefficient (Wildman–Crippen LogP) is 0.961. The maximum Gasteiger partial charge on any atom is 0.366 e. The van der Waals surface area contributed by atoms with Crippen molar-refractivity contribution in [2.24, 2.45) is 5.73 Å². The number of hydrogen-bond acceptors (Lipinski definition) is 3. The predicted molar refractivity (Wildman–Crippen MR) is 66.3 cm³/mol. The summed E-state index contributed by atoms with van der Waals surface area (Å²) in [5.74, 6) is -1.21. The molecule has 0 aliphatic rings. The van der Waals surface area contributed by atoms with Crippen molar-refractivity contribution in [3.63, 3.8) is 0 Å². The zero-order valence-corrected chi connectivity index (χ0v) is 11.0. The van der Waals surface area contributed by atoms with Gasteiger partial charge in [0, 0.05) is 5.56 Å². The molecular formula is C11H15FNO5P. The molecule has 19 heavy (non-hydrogen) atoms. The highest BCUT2D eigenvalue weighted by atomic mass is 31.2. The van der Waals surface area contributed by atoms with E-state index in [1.54, 1.807) is 0 Å². The van der Waals surface area contributed by atoms with Crippen molar-refractivity contribution in [2.45, 2.75) is 24.8 Å². The molecule has 1 unspecified atom stereocenters. The second-order valence-corrected chi connectivity index (χ2v) is 6.27. The highest BCUT2D eigenvalue weighted by molar-refractivity contribution is 7.52. The summed E-state index contributed by atoms with van der Waals surface area (Å²) in [7, 11) is -4.98. The Morgan fingerprint density at radius 2 is 2.11 bits per heavy atom. The van der Waals surface area contributed by atoms with Crippen molar-refractivity contribution in [3.8, 4) is 0 Å². The molecule has 1 aromatic carbocycles. The Morgan fingerprint density at radius 1 is 1.53 bits per heavy atom. The van der Waals surface area contributed by atoms with Gasteiger partial charge in [0.25, 0.3) is 0 Å². The number of rotatable bonds is 5. The lowest BCUT2D eigenvalue weighted by atomic mass is 10.0. The summed E-state index contributed by atoms with van der Waals surface area (Å²) in [6, 6.07) is 4.20. The third-order valence-electron chi connectivity index (χ3n) is 2.77. The molecule has 0 saturated heterocycles. The van der Waals surface area contributed by atoms with Gasteiger partial charge in [-0.25, -0.2) is 4.39 Å². The van der Waals surface area contributed by atoms with Gasteiger partial charge in [0.1, 0.15) is 6.04 Å². The lowest BCUT2D eigenvalue weighted by molar-refractivity contribution is -0.138. The number of carboxylic acids is 1. The third-order valence-corrected chi connectivity index (χ3v) is 4.13. The largest absolute Gasteiger partial charge is 0.480 e. The van der Waals surface area contributed by atoms with Gasteiger partial charge in [-0.05, 0) is 18.9 Å². The molecular weight excluding hydrogens is 276 g/mol. The summed E-state index contributed by atoms with van der Waals surface area (Å²) >= 11 is 0. The lowest BCUT2D eigenvalue weighted by Crippen LogP contribution is -2.32. The average molecular weight is 291 g/mol. The monoisotopic (exact) mass is 291 g/mol. The van der Waals surface area contributed by atoms with Crippen LogP contribution >= 0.6 is 7.60 Å². The summed E-state index contributed by atoms with van der Waals surface area (Å²) < 4.78 is 25.2. The number of aliphatic carboxylic acids is 1. The van der Waals surface area contributed by atoms with Crippen LogP contribution in [-0.4, -0.2) is 26.9 Å². The van der Waals surface area contributed by atoms with E-state index in [4.69, 9.17) is 20.6 Å². The van der Waals surface area contributed by atoms with Crippen LogP contribution in [0.1, 0.15) is 18.1 Å². The fraction of sp³-hybridized carbons (Fsp3) is 0.364. The first kappa shape index (κ1) is 15.8. The lowest BCUT2D eigenvalue weighted by Gasteiger charge is -2.22. The van der Waals surface area contributed by atoms with Gasteiger partial charge in [-0.15, -0.1) is 0 Å². The highest BCUT2D eigenvalue weighted by Gasteiger charge is 2.44. The smallest absolute Gasteiger partial charge is 0.366 e. The third kappa shape index (κ3) is 3.61. The fourth-order valence-corrected chi connectivity index (χ4v) is 1.97. The molecule has 5 N–H and O–H groups in total. The Balaban J connectivity index is 3.08. The van der Waals surface area contributed by atoms with Crippen LogP contribution in [0.25, 0.3) is 0 Å². The number of hydrogen-bond donors (Lipinski definition) is 4. The van der Waals surface area contributed by atoms with E-state index < -0.39 is 25.0 Å². The summed E-state index contributed by atoms with van der Waals surface area (Å²) in [5.41, 5.74) is 5.53. The van der Waals surface area contributed by atoms with Gasteiger partial charge >= 0.3 is 13.6 Å². The van der Waals surface area contributed by atoms with Crippen molar-refractivity contribution in [3.05, 3.63) is 35.4 Å². The minimum absolute atomic E-state index is 0.0551. The molecule has 0 spiro atoms. The number of nitrogens with two attached hydrogens (primary N) is 1. The summed E-state index contributed by atoms with van der Waals surface area (Å²) in [6.07, 6.45) is -0.0551. The second-order valence-electron chi connectivity index (χ2n) is 4.35. The standard InChI is InChI=1S/C11H15FNO5P/c1-11(12,19(16,17)18)8-4-2-3-7(5-8)6-9(13)10(14)15/h2-5,9H,6,13H2,1H3,(H,14,15)(H2,16,17,18)/t9-,11?/m0/s1. The first-order valence-corrected chi connectivity index (χ1v) is 6.99. The van der Waals surface area contributed by atoms with Crippen molar-refractivity contribution >= 4 is 13.6 Å². The Morgan fingerprint density at radius 3 is 2.58 bits per heavy atom. The molecule has 1 rings (SSSR count). The minimum Gasteiger partial charge on any atom is -0.480 e. The first-order chi connectivity index (χ1) is 8.55. The average Bonchev–Trinajstić information content (AvgIpc) is 2.27. The van der Waals surface area contributed by atoms with Gasteiger partial charge < -0.3 is 20.6 Å². The van der Waals surface area contributed by atoms with Crippen LogP contribution < -0.4 is 5.73 Å². The molecule has 6 nitrogen and oxygen atoms in total. The van der Waals surface area contributed by atoms with Gasteiger partial charge in [0.05, 0.1) is 0 Å². The molecule has 0 heterocycles. The second kappa shape index (κ2) is 5.38.